The van der Waals surface area contributed by atoms with Crippen molar-refractivity contribution in [1.29, 1.82) is 0 Å². The lowest BCUT2D eigenvalue weighted by molar-refractivity contribution is 0.138. The van der Waals surface area contributed by atoms with Gasteiger partial charge in [0.05, 0.1) is 25.0 Å². The molecular formula is C16H29N3O. The van der Waals surface area contributed by atoms with Gasteiger partial charge in [0.15, 0.2) is 5.75 Å². The van der Waals surface area contributed by atoms with Gasteiger partial charge in [-0.05, 0) is 42.9 Å². The molecular weight excluding hydrogens is 250 g/mol. The Hall–Kier alpha value is -1.03. The molecule has 0 aliphatic heterocycles. The first-order valence-electron chi connectivity index (χ1n) is 7.66. The van der Waals surface area contributed by atoms with Crippen molar-refractivity contribution in [2.45, 2.75) is 52.5 Å². The zero-order chi connectivity index (χ0) is 14.9. The summed E-state index contributed by atoms with van der Waals surface area (Å²) in [7, 11) is 3.63. The van der Waals surface area contributed by atoms with Crippen LogP contribution in [0.25, 0.3) is 0 Å². The van der Waals surface area contributed by atoms with Crippen molar-refractivity contribution in [3.05, 3.63) is 11.9 Å². The van der Waals surface area contributed by atoms with Gasteiger partial charge in [0.1, 0.15) is 0 Å². The molecule has 114 valence electrons. The number of nitrogens with two attached hydrogens (primary N) is 1. The second-order valence-electron chi connectivity index (χ2n) is 7.23. The Morgan fingerprint density at radius 2 is 1.90 bits per heavy atom. The van der Waals surface area contributed by atoms with Crippen molar-refractivity contribution in [3.63, 3.8) is 0 Å². The fourth-order valence-corrected chi connectivity index (χ4v) is 3.53. The third-order valence-electron chi connectivity index (χ3n) is 4.99. The Kier molecular flexibility index (Phi) is 4.43. The number of aromatic nitrogens is 2. The van der Waals surface area contributed by atoms with Crippen LogP contribution in [0.4, 0.5) is 0 Å². The second-order valence-corrected chi connectivity index (χ2v) is 7.23. The summed E-state index contributed by atoms with van der Waals surface area (Å²) in [4.78, 5) is 0. The maximum absolute atomic E-state index is 6.51. The smallest absolute Gasteiger partial charge is 0.161 e. The molecule has 1 aromatic heterocycles. The summed E-state index contributed by atoms with van der Waals surface area (Å²) in [6.07, 6.45) is 6.73. The molecule has 1 fully saturated rings. The number of methoxy groups -OCH3 is 1. The van der Waals surface area contributed by atoms with Gasteiger partial charge in [-0.25, -0.2) is 0 Å². The van der Waals surface area contributed by atoms with Gasteiger partial charge in [-0.15, -0.1) is 0 Å². The zero-order valence-electron chi connectivity index (χ0n) is 13.5. The summed E-state index contributed by atoms with van der Waals surface area (Å²) < 4.78 is 7.25. The largest absolute Gasteiger partial charge is 0.493 e. The molecule has 2 rings (SSSR count). The van der Waals surface area contributed by atoms with Crippen LogP contribution in [0.15, 0.2) is 6.20 Å². The molecule has 4 nitrogen and oxygen atoms in total. The standard InChI is InChI=1S/C16H29N3O/c1-16(2,3)12-8-6-11(7-9-12)14(17)15-13(20-5)10-18-19(15)4/h10-12,14H,6-9,17H2,1-5H3. The van der Waals surface area contributed by atoms with E-state index >= 15 is 0 Å². The van der Waals surface area contributed by atoms with E-state index in [1.165, 1.54) is 25.7 Å². The molecule has 4 heteroatoms. The lowest BCUT2D eigenvalue weighted by atomic mass is 9.68. The quantitative estimate of drug-likeness (QED) is 0.923. The zero-order valence-corrected chi connectivity index (χ0v) is 13.5. The van der Waals surface area contributed by atoms with Crippen LogP contribution in [0.1, 0.15) is 58.2 Å². The first-order valence-corrected chi connectivity index (χ1v) is 7.66. The van der Waals surface area contributed by atoms with Crippen LogP contribution in [-0.2, 0) is 7.05 Å². The molecule has 0 radical (unpaired) electrons. The monoisotopic (exact) mass is 279 g/mol. The molecule has 1 aromatic rings. The highest BCUT2D eigenvalue weighted by atomic mass is 16.5. The molecule has 0 aromatic carbocycles. The van der Waals surface area contributed by atoms with Gasteiger partial charge in [0.25, 0.3) is 0 Å². The third-order valence-corrected chi connectivity index (χ3v) is 4.99. The minimum Gasteiger partial charge on any atom is -0.493 e. The summed E-state index contributed by atoms with van der Waals surface area (Å²) in [5, 5.41) is 4.27. The van der Waals surface area contributed by atoms with Crippen molar-refractivity contribution in [2.75, 3.05) is 7.11 Å². The molecule has 1 saturated carbocycles. The molecule has 1 aliphatic carbocycles. The molecule has 0 amide bonds. The van der Waals surface area contributed by atoms with Gasteiger partial charge in [-0.1, -0.05) is 20.8 Å². The van der Waals surface area contributed by atoms with E-state index in [1.54, 1.807) is 13.3 Å². The van der Waals surface area contributed by atoms with Gasteiger partial charge in [-0.2, -0.15) is 5.10 Å². The molecule has 0 spiro atoms. The van der Waals surface area contributed by atoms with Gasteiger partial charge in [-0.3, -0.25) is 4.68 Å². The number of ether oxygens (including phenoxy) is 1. The molecule has 1 heterocycles. The molecule has 1 aliphatic rings. The van der Waals surface area contributed by atoms with E-state index < -0.39 is 0 Å². The molecule has 0 bridgehead atoms. The molecule has 2 N–H and O–H groups in total. The number of nitrogens with zero attached hydrogens (tertiary/aromatic N) is 2. The Morgan fingerprint density at radius 3 is 2.40 bits per heavy atom. The van der Waals surface area contributed by atoms with Crippen molar-refractivity contribution < 1.29 is 4.74 Å². The van der Waals surface area contributed by atoms with Crippen molar-refractivity contribution in [1.82, 2.24) is 9.78 Å². The van der Waals surface area contributed by atoms with Crippen molar-refractivity contribution >= 4 is 0 Å². The van der Waals surface area contributed by atoms with Crippen LogP contribution in [-0.4, -0.2) is 16.9 Å². The first kappa shape index (κ1) is 15.4. The van der Waals surface area contributed by atoms with Gasteiger partial charge >= 0.3 is 0 Å². The Labute approximate surface area is 122 Å². The maximum Gasteiger partial charge on any atom is 0.161 e. The van der Waals surface area contributed by atoms with E-state index in [0.29, 0.717) is 11.3 Å². The molecule has 1 unspecified atom stereocenters. The van der Waals surface area contributed by atoms with E-state index in [1.807, 2.05) is 11.7 Å². The Morgan fingerprint density at radius 1 is 1.30 bits per heavy atom. The number of aryl methyl sites for hydroxylation is 1. The lowest BCUT2D eigenvalue weighted by Crippen LogP contribution is -2.31. The summed E-state index contributed by atoms with van der Waals surface area (Å²) >= 11 is 0. The van der Waals surface area contributed by atoms with Gasteiger partial charge in [0.2, 0.25) is 0 Å². The highest BCUT2D eigenvalue weighted by molar-refractivity contribution is 5.28. The van der Waals surface area contributed by atoms with Crippen molar-refractivity contribution in [2.24, 2.45) is 30.0 Å². The maximum atomic E-state index is 6.51. The average molecular weight is 279 g/mol. The number of rotatable bonds is 3. The van der Waals surface area contributed by atoms with Crippen molar-refractivity contribution in [3.8, 4) is 5.75 Å². The van der Waals surface area contributed by atoms with Crippen LogP contribution in [0.3, 0.4) is 0 Å². The summed E-state index contributed by atoms with van der Waals surface area (Å²) in [6.45, 7) is 7.05. The third kappa shape index (κ3) is 3.00. The van der Waals surface area contributed by atoms with Crippen LogP contribution in [0.2, 0.25) is 0 Å². The predicted octanol–water partition coefficient (Wildman–Crippen LogP) is 3.28. The highest BCUT2D eigenvalue weighted by Crippen LogP contribution is 2.43. The second kappa shape index (κ2) is 5.76. The first-order chi connectivity index (χ1) is 9.34. The lowest BCUT2D eigenvalue weighted by Gasteiger charge is -2.38. The van der Waals surface area contributed by atoms with Crippen LogP contribution in [0.5, 0.6) is 5.75 Å². The normalized spacial score (nSPS) is 25.5. The van der Waals surface area contributed by atoms with E-state index in [0.717, 1.165) is 17.4 Å². The van der Waals surface area contributed by atoms with E-state index in [2.05, 4.69) is 25.9 Å². The Balaban J connectivity index is 2.05. The van der Waals surface area contributed by atoms with Gasteiger partial charge in [0, 0.05) is 7.05 Å². The topological polar surface area (TPSA) is 53.1 Å². The minimum atomic E-state index is 0.0263. The predicted molar refractivity (Wildman–Crippen MR) is 81.6 cm³/mol. The van der Waals surface area contributed by atoms with Gasteiger partial charge < -0.3 is 10.5 Å². The van der Waals surface area contributed by atoms with Crippen LogP contribution < -0.4 is 10.5 Å². The van der Waals surface area contributed by atoms with E-state index in [9.17, 15) is 0 Å². The average Bonchev–Trinajstić information content (AvgIpc) is 2.78. The van der Waals surface area contributed by atoms with Crippen LogP contribution >= 0.6 is 0 Å². The summed E-state index contributed by atoms with van der Waals surface area (Å²) in [5.41, 5.74) is 7.96. The molecule has 0 saturated heterocycles. The minimum absolute atomic E-state index is 0.0263. The molecule has 1 atom stereocenters. The SMILES string of the molecule is COc1cnn(C)c1C(N)C1CCC(C(C)(C)C)CC1. The number of hydrogen-bond donors (Lipinski definition) is 1. The van der Waals surface area contributed by atoms with Crippen LogP contribution in [0, 0.1) is 17.3 Å². The fourth-order valence-electron chi connectivity index (χ4n) is 3.53. The molecule has 20 heavy (non-hydrogen) atoms. The number of hydrogen-bond acceptors (Lipinski definition) is 3. The highest BCUT2D eigenvalue weighted by Gasteiger charge is 2.33. The Bertz CT molecular complexity index is 439. The summed E-state index contributed by atoms with van der Waals surface area (Å²) in [5.74, 6) is 2.18. The fraction of sp³-hybridized carbons (Fsp3) is 0.812. The summed E-state index contributed by atoms with van der Waals surface area (Å²) in [6, 6.07) is 0.0263. The van der Waals surface area contributed by atoms with E-state index in [-0.39, 0.29) is 6.04 Å². The van der Waals surface area contributed by atoms with E-state index in [4.69, 9.17) is 10.5 Å².